The standard InChI is InChI=1S/C30H34N5O10P/c1-18(29(38)40-15-21-9-10-21)34-46(39,45-22-7-5-4-6-8-22)41-17-30(16-31)28(43-20(3)37)27(42-19(2)36)26(44-30)25-12-11-24-23(32)13-14-33-35(24)25/h4-8,11-14,18,21,26-28H,9-10,15,17,32H2,1-3H3,(H,34,39)/t18-,26-,27-,28-,30+,46+/m0/s1. The zero-order valence-electron chi connectivity index (χ0n) is 25.4. The summed E-state index contributed by atoms with van der Waals surface area (Å²) in [5, 5.41) is 17.4. The fraction of sp³-hybridized carbons (Fsp3) is 0.433. The number of nitrogens with one attached hydrogen (secondary N) is 1. The lowest BCUT2D eigenvalue weighted by molar-refractivity contribution is -0.166. The summed E-state index contributed by atoms with van der Waals surface area (Å²) in [4.78, 5) is 37.3. The molecule has 2 fully saturated rings. The first kappa shape index (κ1) is 32.9. The topological polar surface area (TPSA) is 203 Å². The highest BCUT2D eigenvalue weighted by Crippen LogP contribution is 2.50. The molecule has 3 N–H and O–H groups in total. The summed E-state index contributed by atoms with van der Waals surface area (Å²) in [7, 11) is -4.49. The minimum absolute atomic E-state index is 0.130. The van der Waals surface area contributed by atoms with Crippen molar-refractivity contribution < 1.29 is 46.9 Å². The van der Waals surface area contributed by atoms with Gasteiger partial charge in [0.25, 0.3) is 0 Å². The van der Waals surface area contributed by atoms with Crippen molar-refractivity contribution in [2.75, 3.05) is 18.9 Å². The number of para-hydroxylation sites is 1. The zero-order valence-corrected chi connectivity index (χ0v) is 26.3. The number of rotatable bonds is 13. The number of nitriles is 1. The second-order valence-corrected chi connectivity index (χ2v) is 12.8. The van der Waals surface area contributed by atoms with Crippen LogP contribution in [0.1, 0.15) is 45.4 Å². The van der Waals surface area contributed by atoms with Crippen molar-refractivity contribution in [1.82, 2.24) is 14.7 Å². The van der Waals surface area contributed by atoms with Gasteiger partial charge in [0, 0.05) is 20.0 Å². The molecule has 2 aromatic heterocycles. The van der Waals surface area contributed by atoms with Crippen molar-refractivity contribution >= 4 is 36.9 Å². The Bertz CT molecular complexity index is 1690. The lowest BCUT2D eigenvalue weighted by Gasteiger charge is -2.30. The lowest BCUT2D eigenvalue weighted by Crippen LogP contribution is -2.49. The van der Waals surface area contributed by atoms with Gasteiger partial charge in [-0.3, -0.25) is 18.9 Å². The van der Waals surface area contributed by atoms with E-state index in [1.165, 1.54) is 29.8 Å². The van der Waals surface area contributed by atoms with Gasteiger partial charge in [-0.1, -0.05) is 18.2 Å². The number of aromatic nitrogens is 2. The molecular weight excluding hydrogens is 621 g/mol. The largest absolute Gasteiger partial charge is 0.464 e. The van der Waals surface area contributed by atoms with Gasteiger partial charge in [-0.15, -0.1) is 0 Å². The molecule has 244 valence electrons. The molecule has 46 heavy (non-hydrogen) atoms. The molecule has 1 aliphatic carbocycles. The molecule has 2 aliphatic rings. The number of nitrogen functional groups attached to an aromatic ring is 1. The summed E-state index contributed by atoms with van der Waals surface area (Å²) in [5.41, 5.74) is 5.11. The molecule has 0 spiro atoms. The van der Waals surface area contributed by atoms with Crippen LogP contribution in [0.25, 0.3) is 5.52 Å². The number of carbonyl (C=O) groups excluding carboxylic acids is 3. The van der Waals surface area contributed by atoms with Gasteiger partial charge >= 0.3 is 25.7 Å². The molecule has 0 unspecified atom stereocenters. The van der Waals surface area contributed by atoms with Crippen LogP contribution in [0.15, 0.2) is 54.7 Å². The van der Waals surface area contributed by atoms with E-state index in [1.807, 2.05) is 6.07 Å². The molecule has 1 aliphatic heterocycles. The van der Waals surface area contributed by atoms with Gasteiger partial charge in [0.1, 0.15) is 30.6 Å². The van der Waals surface area contributed by atoms with E-state index in [2.05, 4.69) is 10.2 Å². The average Bonchev–Trinajstić information content (AvgIpc) is 3.68. The summed E-state index contributed by atoms with van der Waals surface area (Å²) in [6, 6.07) is 13.7. The normalized spacial score (nSPS) is 24.3. The highest BCUT2D eigenvalue weighted by atomic mass is 31.2. The highest BCUT2D eigenvalue weighted by molar-refractivity contribution is 7.52. The van der Waals surface area contributed by atoms with E-state index in [0.29, 0.717) is 22.8 Å². The van der Waals surface area contributed by atoms with Crippen molar-refractivity contribution in [1.29, 1.82) is 5.26 Å². The van der Waals surface area contributed by atoms with Crippen molar-refractivity contribution in [3.8, 4) is 11.8 Å². The first-order valence-electron chi connectivity index (χ1n) is 14.5. The van der Waals surface area contributed by atoms with Crippen LogP contribution in [0.5, 0.6) is 5.75 Å². The van der Waals surface area contributed by atoms with E-state index in [1.54, 1.807) is 36.4 Å². The predicted molar refractivity (Wildman–Crippen MR) is 160 cm³/mol. The molecule has 1 saturated carbocycles. The summed E-state index contributed by atoms with van der Waals surface area (Å²) in [6.45, 7) is 3.09. The number of anilines is 1. The maximum atomic E-state index is 14.2. The fourth-order valence-electron chi connectivity index (χ4n) is 4.97. The maximum Gasteiger partial charge on any atom is 0.459 e. The second-order valence-electron chi connectivity index (χ2n) is 11.1. The predicted octanol–water partition coefficient (Wildman–Crippen LogP) is 3.25. The quantitative estimate of drug-likeness (QED) is 0.154. The van der Waals surface area contributed by atoms with Gasteiger partial charge in [0.05, 0.1) is 23.5 Å². The molecule has 0 amide bonds. The van der Waals surface area contributed by atoms with Gasteiger partial charge < -0.3 is 29.2 Å². The Morgan fingerprint density at radius 1 is 1.15 bits per heavy atom. The number of hydrogen-bond donors (Lipinski definition) is 2. The lowest BCUT2D eigenvalue weighted by atomic mass is 9.95. The van der Waals surface area contributed by atoms with E-state index in [9.17, 15) is 24.2 Å². The van der Waals surface area contributed by atoms with Crippen LogP contribution >= 0.6 is 7.75 Å². The molecule has 1 aromatic carbocycles. The molecule has 0 bridgehead atoms. The number of esters is 3. The third kappa shape index (κ3) is 7.32. The second kappa shape index (κ2) is 13.5. The van der Waals surface area contributed by atoms with Crippen LogP contribution in [0.3, 0.4) is 0 Å². The smallest absolute Gasteiger partial charge is 0.459 e. The third-order valence-electron chi connectivity index (χ3n) is 7.37. The molecule has 3 heterocycles. The van der Waals surface area contributed by atoms with E-state index in [-0.39, 0.29) is 12.4 Å². The number of benzene rings is 1. The minimum atomic E-state index is -4.49. The van der Waals surface area contributed by atoms with Crippen molar-refractivity contribution in [3.05, 3.63) is 60.4 Å². The molecule has 1 saturated heterocycles. The van der Waals surface area contributed by atoms with Gasteiger partial charge in [0.15, 0.2) is 12.2 Å². The molecule has 5 rings (SSSR count). The Balaban J connectivity index is 1.48. The van der Waals surface area contributed by atoms with Crippen LogP contribution in [-0.2, 0) is 42.4 Å². The summed E-state index contributed by atoms with van der Waals surface area (Å²) >= 11 is 0. The van der Waals surface area contributed by atoms with Crippen LogP contribution in [0.4, 0.5) is 5.69 Å². The van der Waals surface area contributed by atoms with Crippen molar-refractivity contribution in [2.24, 2.45) is 5.92 Å². The van der Waals surface area contributed by atoms with E-state index in [0.717, 1.165) is 26.7 Å². The number of ether oxygens (including phenoxy) is 4. The van der Waals surface area contributed by atoms with Crippen LogP contribution in [0.2, 0.25) is 0 Å². The molecule has 16 heteroatoms. The number of nitrogens with zero attached hydrogens (tertiary/aromatic N) is 3. The van der Waals surface area contributed by atoms with Gasteiger partial charge in [-0.05, 0) is 56.0 Å². The van der Waals surface area contributed by atoms with Gasteiger partial charge in [-0.2, -0.15) is 15.4 Å². The SMILES string of the molecule is CC(=O)O[C@H]1[C@H](c2ccc3c(N)ccnn23)O[C@](C#N)(CO[P@](=O)(N[C@@H](C)C(=O)OCC2CC2)Oc2ccccc2)[C@H]1OC(C)=O. The average molecular weight is 656 g/mol. The first-order chi connectivity index (χ1) is 21.9. The maximum absolute atomic E-state index is 14.2. The molecule has 3 aromatic rings. The first-order valence-corrected chi connectivity index (χ1v) is 16.1. The molecule has 0 radical (unpaired) electrons. The van der Waals surface area contributed by atoms with Gasteiger partial charge in [-0.25, -0.2) is 9.08 Å². The minimum Gasteiger partial charge on any atom is -0.464 e. The monoisotopic (exact) mass is 655 g/mol. The number of nitrogens with two attached hydrogens (primary N) is 1. The van der Waals surface area contributed by atoms with Crippen molar-refractivity contribution in [2.45, 2.75) is 63.6 Å². The van der Waals surface area contributed by atoms with Crippen LogP contribution in [-0.4, -0.2) is 64.6 Å². The molecule has 15 nitrogen and oxygen atoms in total. The third-order valence-corrected chi connectivity index (χ3v) is 8.99. The fourth-order valence-corrected chi connectivity index (χ4v) is 6.49. The van der Waals surface area contributed by atoms with Gasteiger partial charge in [0.2, 0.25) is 5.60 Å². The van der Waals surface area contributed by atoms with E-state index in [4.69, 9.17) is 33.7 Å². The molecular formula is C30H34N5O10P. The van der Waals surface area contributed by atoms with E-state index < -0.39 is 62.2 Å². The number of carbonyl (C=O) groups is 3. The van der Waals surface area contributed by atoms with Crippen LogP contribution in [0, 0.1) is 17.2 Å². The molecule has 6 atom stereocenters. The number of hydrogen-bond acceptors (Lipinski definition) is 13. The van der Waals surface area contributed by atoms with Crippen molar-refractivity contribution in [3.63, 3.8) is 0 Å². The van der Waals surface area contributed by atoms with E-state index >= 15 is 0 Å². The summed E-state index contributed by atoms with van der Waals surface area (Å²) < 4.78 is 49.9. The zero-order chi connectivity index (χ0) is 33.1. The highest BCUT2D eigenvalue weighted by Gasteiger charge is 2.62. The Morgan fingerprint density at radius 3 is 2.52 bits per heavy atom. The Morgan fingerprint density at radius 2 is 1.87 bits per heavy atom. The Hall–Kier alpha value is -4.48. The van der Waals surface area contributed by atoms with Crippen LogP contribution < -0.4 is 15.3 Å². The number of fused-ring (bicyclic) bond motifs is 1. The summed E-state index contributed by atoms with van der Waals surface area (Å²) in [6.07, 6.45) is -0.791. The summed E-state index contributed by atoms with van der Waals surface area (Å²) in [5.74, 6) is -1.82. The Labute approximate surface area is 264 Å². The Kier molecular flexibility index (Phi) is 9.64.